The lowest BCUT2D eigenvalue weighted by Crippen LogP contribution is -2.31. The monoisotopic (exact) mass is 422 g/mol. The molecule has 0 bridgehead atoms. The molecule has 3 aromatic rings. The standard InChI is InChI=1S/C19H16Cl2N2OS2/c1-19(2)17-16(12-9-11(24-3)5-7-14(12)23-19)18(26-25-17)22-15-6-4-10(20)8-13(15)21/h4-9,23H,1-3H3. The van der Waals surface area contributed by atoms with E-state index in [0.717, 1.165) is 27.2 Å². The molecular formula is C19H16Cl2N2OS2. The summed E-state index contributed by atoms with van der Waals surface area (Å²) in [6, 6.07) is 11.4. The fourth-order valence-corrected chi connectivity index (χ4v) is 6.41. The Hall–Kier alpha value is -1.53. The van der Waals surface area contributed by atoms with Crippen LogP contribution >= 0.6 is 43.9 Å². The quantitative estimate of drug-likeness (QED) is 0.466. The molecule has 0 atom stereocenters. The maximum Gasteiger partial charge on any atom is 0.135 e. The summed E-state index contributed by atoms with van der Waals surface area (Å²) >= 11 is 12.3. The van der Waals surface area contributed by atoms with Gasteiger partial charge in [0, 0.05) is 21.8 Å². The Morgan fingerprint density at radius 1 is 1.08 bits per heavy atom. The third-order valence-corrected chi connectivity index (χ3v) is 7.47. The number of ether oxygens (including phenoxy) is 1. The second-order valence-corrected chi connectivity index (χ2v) is 9.52. The number of hydrogen-bond acceptors (Lipinski definition) is 5. The van der Waals surface area contributed by atoms with Gasteiger partial charge in [-0.05, 0) is 50.2 Å². The number of hydrogen-bond donors (Lipinski definition) is 1. The van der Waals surface area contributed by atoms with E-state index in [1.165, 1.54) is 4.88 Å². The summed E-state index contributed by atoms with van der Waals surface area (Å²) in [5.41, 5.74) is 3.86. The topological polar surface area (TPSA) is 33.6 Å². The van der Waals surface area contributed by atoms with Crippen LogP contribution < -0.4 is 14.7 Å². The summed E-state index contributed by atoms with van der Waals surface area (Å²) in [5, 5.41) is 4.76. The predicted molar refractivity (Wildman–Crippen MR) is 113 cm³/mol. The van der Waals surface area contributed by atoms with Gasteiger partial charge in [-0.2, -0.15) is 0 Å². The first-order valence-corrected chi connectivity index (χ1v) is 10.9. The Bertz CT molecular complexity index is 1070. The van der Waals surface area contributed by atoms with Crippen molar-refractivity contribution < 1.29 is 4.74 Å². The van der Waals surface area contributed by atoms with Crippen molar-refractivity contribution in [2.45, 2.75) is 19.4 Å². The van der Waals surface area contributed by atoms with Gasteiger partial charge in [-0.25, -0.2) is 4.99 Å². The molecule has 0 spiro atoms. The second-order valence-electron chi connectivity index (χ2n) is 6.54. The second kappa shape index (κ2) is 6.57. The summed E-state index contributed by atoms with van der Waals surface area (Å²) in [4.78, 5) is 6.10. The minimum atomic E-state index is -0.171. The van der Waals surface area contributed by atoms with Crippen LogP contribution in [0.2, 0.25) is 10.0 Å². The van der Waals surface area contributed by atoms with Gasteiger partial charge in [0.05, 0.1) is 28.2 Å². The molecule has 0 saturated heterocycles. The van der Waals surface area contributed by atoms with Crippen LogP contribution in [0.5, 0.6) is 5.75 Å². The Morgan fingerprint density at radius 2 is 1.88 bits per heavy atom. The van der Waals surface area contributed by atoms with E-state index in [4.69, 9.17) is 32.9 Å². The zero-order chi connectivity index (χ0) is 18.5. The number of methoxy groups -OCH3 is 1. The van der Waals surface area contributed by atoms with Crippen LogP contribution in [0.3, 0.4) is 0 Å². The fourth-order valence-electron chi connectivity index (χ4n) is 3.03. The molecule has 0 unspecified atom stereocenters. The highest BCUT2D eigenvalue weighted by molar-refractivity contribution is 7.68. The average Bonchev–Trinajstić information content (AvgIpc) is 3.02. The fraction of sp³-hybridized carbons (Fsp3) is 0.211. The summed E-state index contributed by atoms with van der Waals surface area (Å²) in [5.74, 6) is 0.822. The van der Waals surface area contributed by atoms with Crippen LogP contribution in [0, 0.1) is 0 Å². The maximum atomic E-state index is 6.33. The smallest absolute Gasteiger partial charge is 0.135 e. The first kappa shape index (κ1) is 17.9. The van der Waals surface area contributed by atoms with Crippen molar-refractivity contribution in [1.29, 1.82) is 0 Å². The molecule has 1 aromatic heterocycles. The lowest BCUT2D eigenvalue weighted by atomic mass is 9.90. The summed E-state index contributed by atoms with van der Waals surface area (Å²) in [6.45, 7) is 4.36. The summed E-state index contributed by atoms with van der Waals surface area (Å²) in [6.07, 6.45) is 0. The molecule has 2 aromatic carbocycles. The highest BCUT2D eigenvalue weighted by atomic mass is 35.5. The molecule has 2 heterocycles. The number of anilines is 1. The van der Waals surface area contributed by atoms with Crippen molar-refractivity contribution in [3.63, 3.8) is 0 Å². The molecule has 26 heavy (non-hydrogen) atoms. The molecule has 4 rings (SSSR count). The SMILES string of the molecule is COc1ccc2c(c1)-c1c(ssc1=Nc1ccc(Cl)cc1Cl)C(C)(C)N2. The van der Waals surface area contributed by atoms with E-state index in [9.17, 15) is 0 Å². The third-order valence-electron chi connectivity index (χ3n) is 4.29. The van der Waals surface area contributed by atoms with E-state index >= 15 is 0 Å². The normalized spacial score (nSPS) is 15.2. The Morgan fingerprint density at radius 3 is 2.62 bits per heavy atom. The Kier molecular flexibility index (Phi) is 4.51. The molecule has 0 aliphatic carbocycles. The third kappa shape index (κ3) is 3.03. The minimum Gasteiger partial charge on any atom is -0.497 e. The highest BCUT2D eigenvalue weighted by Gasteiger charge is 2.33. The molecule has 0 amide bonds. The van der Waals surface area contributed by atoms with Crippen LogP contribution in [0.25, 0.3) is 11.1 Å². The van der Waals surface area contributed by atoms with Gasteiger partial charge in [-0.1, -0.05) is 43.9 Å². The number of fused-ring (bicyclic) bond motifs is 3. The summed E-state index contributed by atoms with van der Waals surface area (Å²) < 4.78 is 6.37. The van der Waals surface area contributed by atoms with Crippen molar-refractivity contribution in [2.24, 2.45) is 4.99 Å². The molecule has 3 nitrogen and oxygen atoms in total. The molecule has 1 aliphatic heterocycles. The largest absolute Gasteiger partial charge is 0.497 e. The predicted octanol–water partition coefficient (Wildman–Crippen LogP) is 6.69. The zero-order valence-electron chi connectivity index (χ0n) is 14.4. The van der Waals surface area contributed by atoms with E-state index in [0.29, 0.717) is 15.7 Å². The molecule has 1 N–H and O–H groups in total. The van der Waals surface area contributed by atoms with Crippen LogP contribution in [0.1, 0.15) is 18.7 Å². The van der Waals surface area contributed by atoms with Gasteiger partial charge < -0.3 is 10.1 Å². The van der Waals surface area contributed by atoms with Gasteiger partial charge in [0.1, 0.15) is 10.4 Å². The van der Waals surface area contributed by atoms with E-state index in [2.05, 4.69) is 31.3 Å². The number of nitrogens with one attached hydrogen (secondary N) is 1. The van der Waals surface area contributed by atoms with Gasteiger partial charge in [0.2, 0.25) is 0 Å². The molecular weight excluding hydrogens is 407 g/mol. The highest BCUT2D eigenvalue weighted by Crippen LogP contribution is 2.46. The van der Waals surface area contributed by atoms with Crippen LogP contribution in [-0.2, 0) is 5.54 Å². The number of nitrogens with zero attached hydrogens (tertiary/aromatic N) is 1. The first-order valence-electron chi connectivity index (χ1n) is 7.99. The lowest BCUT2D eigenvalue weighted by molar-refractivity contribution is 0.415. The zero-order valence-corrected chi connectivity index (χ0v) is 17.5. The molecule has 134 valence electrons. The molecule has 0 radical (unpaired) electrons. The lowest BCUT2D eigenvalue weighted by Gasteiger charge is -2.33. The number of rotatable bonds is 2. The molecule has 7 heteroatoms. The van der Waals surface area contributed by atoms with Crippen molar-refractivity contribution in [2.75, 3.05) is 12.4 Å². The van der Waals surface area contributed by atoms with Crippen molar-refractivity contribution in [1.82, 2.24) is 0 Å². The molecule has 1 aliphatic rings. The first-order chi connectivity index (χ1) is 12.4. The van der Waals surface area contributed by atoms with Crippen LogP contribution in [-0.4, -0.2) is 7.11 Å². The van der Waals surface area contributed by atoms with Gasteiger partial charge in [-0.15, -0.1) is 0 Å². The van der Waals surface area contributed by atoms with Gasteiger partial charge >= 0.3 is 0 Å². The molecule has 0 saturated carbocycles. The number of halogens is 2. The van der Waals surface area contributed by atoms with Crippen molar-refractivity contribution >= 4 is 55.3 Å². The maximum absolute atomic E-state index is 6.33. The number of benzene rings is 2. The average molecular weight is 423 g/mol. The van der Waals surface area contributed by atoms with E-state index < -0.39 is 0 Å². The van der Waals surface area contributed by atoms with Gasteiger partial charge in [0.25, 0.3) is 0 Å². The minimum absolute atomic E-state index is 0.171. The van der Waals surface area contributed by atoms with Crippen LogP contribution in [0.4, 0.5) is 11.4 Å². The Labute approximate surface area is 169 Å². The van der Waals surface area contributed by atoms with Gasteiger partial charge in [0.15, 0.2) is 0 Å². The molecule has 0 fully saturated rings. The van der Waals surface area contributed by atoms with Crippen molar-refractivity contribution in [3.8, 4) is 16.9 Å². The summed E-state index contributed by atoms with van der Waals surface area (Å²) in [7, 11) is 5.07. The van der Waals surface area contributed by atoms with Crippen molar-refractivity contribution in [3.05, 3.63) is 56.0 Å². The van der Waals surface area contributed by atoms with E-state index in [-0.39, 0.29) is 5.54 Å². The van der Waals surface area contributed by atoms with Crippen LogP contribution in [0.15, 0.2) is 41.4 Å². The van der Waals surface area contributed by atoms with E-state index in [1.54, 1.807) is 39.9 Å². The van der Waals surface area contributed by atoms with E-state index in [1.807, 2.05) is 12.1 Å². The van der Waals surface area contributed by atoms with Gasteiger partial charge in [-0.3, -0.25) is 0 Å². The Balaban J connectivity index is 1.98.